The fourth-order valence-electron chi connectivity index (χ4n) is 8.97. The predicted octanol–water partition coefficient (Wildman–Crippen LogP) is 4.93. The maximum atomic E-state index is 2.62. The van der Waals surface area contributed by atoms with Gasteiger partial charge in [-0.15, -0.1) is 0 Å². The quantitative estimate of drug-likeness (QED) is 0.497. The van der Waals surface area contributed by atoms with E-state index in [9.17, 15) is 0 Å². The first-order valence-corrected chi connectivity index (χ1v) is 9.66. The lowest BCUT2D eigenvalue weighted by Crippen LogP contribution is -2.41. The minimum absolute atomic E-state index is 1.00. The molecule has 0 radical (unpaired) electrons. The standard InChI is InChI=1S/C21H28/c1-2-3-4-11-7-14-9-15(11)21-17-10-16(20(14)21)18-12-5-6-13(8-12)19(17)18/h2-3,5-6,11-21H,4,7-10H2,1H3. The van der Waals surface area contributed by atoms with Crippen LogP contribution < -0.4 is 0 Å². The molecule has 0 aliphatic heterocycles. The highest BCUT2D eigenvalue weighted by molar-refractivity contribution is 5.25. The third-order valence-corrected chi connectivity index (χ3v) is 9.05. The van der Waals surface area contributed by atoms with E-state index < -0.39 is 0 Å². The molecule has 0 aromatic carbocycles. The lowest BCUT2D eigenvalue weighted by atomic mass is 9.59. The number of allylic oxidation sites excluding steroid dienone is 4. The third kappa shape index (κ3) is 1.27. The Balaban J connectivity index is 1.34. The van der Waals surface area contributed by atoms with Crippen LogP contribution in [0.5, 0.6) is 0 Å². The molecule has 11 atom stereocenters. The van der Waals surface area contributed by atoms with Crippen LogP contribution in [0.25, 0.3) is 0 Å². The Morgan fingerprint density at radius 2 is 1.57 bits per heavy atom. The molecule has 0 amide bonds. The molecule has 0 aromatic heterocycles. The molecule has 6 aliphatic rings. The van der Waals surface area contributed by atoms with Crippen LogP contribution in [0, 0.1) is 65.1 Å². The summed E-state index contributed by atoms with van der Waals surface area (Å²) in [5, 5.41) is 0. The van der Waals surface area contributed by atoms with Crippen LogP contribution in [-0.4, -0.2) is 0 Å². The highest BCUT2D eigenvalue weighted by atomic mass is 14.7. The van der Waals surface area contributed by atoms with E-state index in [2.05, 4.69) is 31.2 Å². The third-order valence-electron chi connectivity index (χ3n) is 9.05. The van der Waals surface area contributed by atoms with Crippen molar-refractivity contribution >= 4 is 0 Å². The molecular formula is C21H28. The van der Waals surface area contributed by atoms with Gasteiger partial charge in [-0.25, -0.2) is 0 Å². The largest absolute Gasteiger partial charge is 0.0917 e. The fourth-order valence-corrected chi connectivity index (χ4v) is 8.97. The predicted molar refractivity (Wildman–Crippen MR) is 85.4 cm³/mol. The molecular weight excluding hydrogens is 252 g/mol. The summed E-state index contributed by atoms with van der Waals surface area (Å²) in [4.78, 5) is 0. The van der Waals surface area contributed by atoms with E-state index in [-0.39, 0.29) is 0 Å². The van der Waals surface area contributed by atoms with Crippen molar-refractivity contribution < 1.29 is 0 Å². The monoisotopic (exact) mass is 280 g/mol. The van der Waals surface area contributed by atoms with Crippen molar-refractivity contribution in [1.82, 2.24) is 0 Å². The van der Waals surface area contributed by atoms with Gasteiger partial charge in [0.25, 0.3) is 0 Å². The van der Waals surface area contributed by atoms with Gasteiger partial charge >= 0.3 is 0 Å². The van der Waals surface area contributed by atoms with E-state index in [1.807, 2.05) is 0 Å². The molecule has 112 valence electrons. The normalized spacial score (nSPS) is 64.9. The lowest BCUT2D eigenvalue weighted by Gasteiger charge is -2.46. The molecule has 0 spiro atoms. The molecule has 5 fully saturated rings. The van der Waals surface area contributed by atoms with Crippen molar-refractivity contribution in [3.8, 4) is 0 Å². The van der Waals surface area contributed by atoms with Crippen molar-refractivity contribution in [1.29, 1.82) is 0 Å². The first-order chi connectivity index (χ1) is 10.4. The Bertz CT molecular complexity index is 528. The van der Waals surface area contributed by atoms with Gasteiger partial charge < -0.3 is 0 Å². The van der Waals surface area contributed by atoms with Gasteiger partial charge in [0.2, 0.25) is 0 Å². The van der Waals surface area contributed by atoms with Crippen LogP contribution >= 0.6 is 0 Å². The van der Waals surface area contributed by atoms with E-state index in [1.54, 1.807) is 25.7 Å². The minimum Gasteiger partial charge on any atom is -0.0917 e. The summed E-state index contributed by atoms with van der Waals surface area (Å²) in [6, 6.07) is 0. The average molecular weight is 280 g/mol. The Hall–Kier alpha value is -0.520. The highest BCUT2D eigenvalue weighted by Crippen LogP contribution is 2.76. The summed E-state index contributed by atoms with van der Waals surface area (Å²) in [7, 11) is 0. The lowest BCUT2D eigenvalue weighted by molar-refractivity contribution is 0.0299. The van der Waals surface area contributed by atoms with Gasteiger partial charge in [-0.3, -0.25) is 0 Å². The van der Waals surface area contributed by atoms with Crippen LogP contribution in [0.15, 0.2) is 24.3 Å². The molecule has 6 rings (SSSR count). The zero-order chi connectivity index (χ0) is 13.7. The molecule has 0 saturated heterocycles. The van der Waals surface area contributed by atoms with Gasteiger partial charge in [-0.05, 0) is 104 Å². The van der Waals surface area contributed by atoms with Crippen LogP contribution in [0.3, 0.4) is 0 Å². The molecule has 11 unspecified atom stereocenters. The molecule has 0 heterocycles. The molecule has 0 N–H and O–H groups in total. The van der Waals surface area contributed by atoms with Gasteiger partial charge in [-0.1, -0.05) is 24.3 Å². The fraction of sp³-hybridized carbons (Fsp3) is 0.810. The summed E-state index contributed by atoms with van der Waals surface area (Å²) in [6.45, 7) is 2.19. The molecule has 0 nitrogen and oxygen atoms in total. The summed E-state index contributed by atoms with van der Waals surface area (Å²) in [5.41, 5.74) is 0. The Labute approximate surface area is 129 Å². The van der Waals surface area contributed by atoms with Crippen LogP contribution in [0.2, 0.25) is 0 Å². The maximum Gasteiger partial charge on any atom is -0.0194 e. The maximum absolute atomic E-state index is 2.62. The molecule has 21 heavy (non-hydrogen) atoms. The SMILES string of the molecule is CC=CCC1CC2CC1C1C3CC(C4C5C=CC(C5)C34)C21. The topological polar surface area (TPSA) is 0 Å². The van der Waals surface area contributed by atoms with Crippen molar-refractivity contribution in [2.45, 2.75) is 39.0 Å². The zero-order valence-electron chi connectivity index (χ0n) is 13.2. The molecule has 6 bridgehead atoms. The Morgan fingerprint density at radius 1 is 0.810 bits per heavy atom. The van der Waals surface area contributed by atoms with Crippen molar-refractivity contribution in [2.24, 2.45) is 65.1 Å². The Kier molecular flexibility index (Phi) is 2.20. The van der Waals surface area contributed by atoms with Gasteiger partial charge in [0.15, 0.2) is 0 Å². The van der Waals surface area contributed by atoms with Crippen molar-refractivity contribution in [3.05, 3.63) is 24.3 Å². The van der Waals surface area contributed by atoms with Crippen molar-refractivity contribution in [3.63, 3.8) is 0 Å². The molecule has 5 saturated carbocycles. The first kappa shape index (κ1) is 12.0. The molecule has 0 heteroatoms. The summed E-state index contributed by atoms with van der Waals surface area (Å²) < 4.78 is 0. The Morgan fingerprint density at radius 3 is 2.33 bits per heavy atom. The average Bonchev–Trinajstić information content (AvgIpc) is 3.30. The summed E-state index contributed by atoms with van der Waals surface area (Å²) >= 11 is 0. The van der Waals surface area contributed by atoms with Gasteiger partial charge in [0.1, 0.15) is 0 Å². The number of hydrogen-bond acceptors (Lipinski definition) is 0. The second-order valence-electron chi connectivity index (χ2n) is 9.28. The first-order valence-electron chi connectivity index (χ1n) is 9.66. The van der Waals surface area contributed by atoms with Crippen LogP contribution in [0.1, 0.15) is 39.0 Å². The molecule has 0 aromatic rings. The smallest absolute Gasteiger partial charge is 0.0194 e. The number of fused-ring (bicyclic) bond motifs is 16. The summed E-state index contributed by atoms with van der Waals surface area (Å²) in [5.74, 6) is 12.2. The van der Waals surface area contributed by atoms with E-state index in [0.29, 0.717) is 0 Å². The second-order valence-corrected chi connectivity index (χ2v) is 9.28. The minimum atomic E-state index is 1.00. The number of hydrogen-bond donors (Lipinski definition) is 0. The van der Waals surface area contributed by atoms with E-state index in [0.717, 1.165) is 59.2 Å². The van der Waals surface area contributed by atoms with Gasteiger partial charge in [-0.2, -0.15) is 0 Å². The summed E-state index contributed by atoms with van der Waals surface area (Å²) in [6.07, 6.45) is 17.7. The van der Waals surface area contributed by atoms with Gasteiger partial charge in [0, 0.05) is 0 Å². The van der Waals surface area contributed by atoms with Crippen molar-refractivity contribution in [2.75, 3.05) is 0 Å². The van der Waals surface area contributed by atoms with E-state index in [4.69, 9.17) is 0 Å². The van der Waals surface area contributed by atoms with Gasteiger partial charge in [0.05, 0.1) is 0 Å². The molecule has 6 aliphatic carbocycles. The van der Waals surface area contributed by atoms with E-state index >= 15 is 0 Å². The zero-order valence-corrected chi connectivity index (χ0v) is 13.2. The van der Waals surface area contributed by atoms with Crippen LogP contribution in [-0.2, 0) is 0 Å². The number of rotatable bonds is 2. The van der Waals surface area contributed by atoms with E-state index in [1.165, 1.54) is 12.3 Å². The highest BCUT2D eigenvalue weighted by Gasteiger charge is 2.70. The second kappa shape index (κ2) is 3.87. The van der Waals surface area contributed by atoms with Crippen LogP contribution in [0.4, 0.5) is 0 Å².